The summed E-state index contributed by atoms with van der Waals surface area (Å²) in [5.41, 5.74) is 0. The van der Waals surface area contributed by atoms with Crippen LogP contribution in [0.15, 0.2) is 17.1 Å². The van der Waals surface area contributed by atoms with Gasteiger partial charge in [0.25, 0.3) is 0 Å². The minimum atomic E-state index is -0.145. The molecule has 23 heavy (non-hydrogen) atoms. The topological polar surface area (TPSA) is 51.1 Å². The molecule has 3 unspecified atom stereocenters. The van der Waals surface area contributed by atoms with E-state index < -0.39 is 0 Å². The molecular formula is C17H31IN4O. The van der Waals surface area contributed by atoms with Gasteiger partial charge in [0.2, 0.25) is 0 Å². The smallest absolute Gasteiger partial charge is 0.193 e. The van der Waals surface area contributed by atoms with E-state index in [0.29, 0.717) is 12.0 Å². The van der Waals surface area contributed by atoms with Crippen molar-refractivity contribution in [1.29, 1.82) is 0 Å². The van der Waals surface area contributed by atoms with Crippen molar-refractivity contribution >= 4 is 29.9 Å². The molecular weight excluding hydrogens is 403 g/mol. The van der Waals surface area contributed by atoms with E-state index >= 15 is 0 Å². The zero-order chi connectivity index (χ0) is 15.4. The number of aliphatic hydroxyl groups is 1. The van der Waals surface area contributed by atoms with Gasteiger partial charge in [-0.25, -0.2) is 0 Å². The molecule has 0 aromatic heterocycles. The van der Waals surface area contributed by atoms with Crippen LogP contribution in [0.5, 0.6) is 0 Å². The van der Waals surface area contributed by atoms with Crippen molar-refractivity contribution in [1.82, 2.24) is 15.1 Å². The highest BCUT2D eigenvalue weighted by Gasteiger charge is 2.30. The molecule has 3 atom stereocenters. The van der Waals surface area contributed by atoms with Gasteiger partial charge >= 0.3 is 0 Å². The fourth-order valence-electron chi connectivity index (χ4n) is 3.88. The molecule has 0 aromatic carbocycles. The standard InChI is InChI=1S/C17H30N4O.HI/c1-2-18-17(19-12-14-6-5-7-16(14)22)21-11-8-15(13-21)20-9-3-4-10-20;/h3-4,14-16,22H,2,5-13H2,1H3,(H,18,19);1H. The van der Waals surface area contributed by atoms with E-state index in [1.54, 1.807) is 0 Å². The van der Waals surface area contributed by atoms with Crippen molar-refractivity contribution in [2.75, 3.05) is 39.3 Å². The summed E-state index contributed by atoms with van der Waals surface area (Å²) in [6.07, 6.45) is 8.82. The molecule has 0 aromatic rings. The predicted molar refractivity (Wildman–Crippen MR) is 105 cm³/mol. The zero-order valence-electron chi connectivity index (χ0n) is 14.2. The molecule has 5 nitrogen and oxygen atoms in total. The van der Waals surface area contributed by atoms with Crippen molar-refractivity contribution in [2.45, 2.75) is 44.8 Å². The zero-order valence-corrected chi connectivity index (χ0v) is 16.5. The van der Waals surface area contributed by atoms with Crippen LogP contribution in [0.3, 0.4) is 0 Å². The maximum absolute atomic E-state index is 9.97. The van der Waals surface area contributed by atoms with E-state index in [4.69, 9.17) is 4.99 Å². The summed E-state index contributed by atoms with van der Waals surface area (Å²) in [6.45, 7) is 8.13. The SMILES string of the molecule is CCNC(=NCC1CCCC1O)N1CCC(N2CC=CC2)C1.I. The summed E-state index contributed by atoms with van der Waals surface area (Å²) < 4.78 is 0. The van der Waals surface area contributed by atoms with Gasteiger partial charge in [-0.1, -0.05) is 18.6 Å². The lowest BCUT2D eigenvalue weighted by atomic mass is 10.1. The molecule has 2 fully saturated rings. The van der Waals surface area contributed by atoms with E-state index in [1.807, 2.05) is 0 Å². The van der Waals surface area contributed by atoms with Gasteiger partial charge in [0.15, 0.2) is 5.96 Å². The highest BCUT2D eigenvalue weighted by Crippen LogP contribution is 2.26. The van der Waals surface area contributed by atoms with Gasteiger partial charge in [0, 0.05) is 51.2 Å². The van der Waals surface area contributed by atoms with Crippen LogP contribution in [-0.4, -0.2) is 72.3 Å². The summed E-state index contributed by atoms with van der Waals surface area (Å²) in [5.74, 6) is 1.39. The molecule has 3 aliphatic rings. The second-order valence-electron chi connectivity index (χ2n) is 6.77. The molecule has 2 aliphatic heterocycles. The van der Waals surface area contributed by atoms with Gasteiger partial charge in [-0.15, -0.1) is 24.0 Å². The van der Waals surface area contributed by atoms with Crippen molar-refractivity contribution in [3.8, 4) is 0 Å². The number of halogens is 1. The van der Waals surface area contributed by atoms with Gasteiger partial charge < -0.3 is 15.3 Å². The number of aliphatic imine (C=N–C) groups is 1. The van der Waals surface area contributed by atoms with E-state index in [2.05, 4.69) is 34.2 Å². The normalized spacial score (nSPS) is 31.7. The van der Waals surface area contributed by atoms with Crippen molar-refractivity contribution in [3.63, 3.8) is 0 Å². The average Bonchev–Trinajstić information content (AvgIpc) is 3.24. The fourth-order valence-corrected chi connectivity index (χ4v) is 3.88. The van der Waals surface area contributed by atoms with Gasteiger partial charge in [0.05, 0.1) is 6.10 Å². The van der Waals surface area contributed by atoms with Crippen LogP contribution >= 0.6 is 24.0 Å². The Hall–Kier alpha value is -0.340. The third-order valence-electron chi connectivity index (χ3n) is 5.26. The maximum Gasteiger partial charge on any atom is 0.193 e. The quantitative estimate of drug-likeness (QED) is 0.306. The highest BCUT2D eigenvalue weighted by molar-refractivity contribution is 14.0. The van der Waals surface area contributed by atoms with Crippen LogP contribution in [-0.2, 0) is 0 Å². The Morgan fingerprint density at radius 1 is 1.26 bits per heavy atom. The van der Waals surface area contributed by atoms with Crippen LogP contribution < -0.4 is 5.32 Å². The molecule has 6 heteroatoms. The van der Waals surface area contributed by atoms with E-state index in [0.717, 1.165) is 64.5 Å². The lowest BCUT2D eigenvalue weighted by Gasteiger charge is -2.26. The van der Waals surface area contributed by atoms with E-state index in [1.165, 1.54) is 6.42 Å². The first-order valence-corrected chi connectivity index (χ1v) is 8.88. The molecule has 3 rings (SSSR count). The summed E-state index contributed by atoms with van der Waals surface area (Å²) in [5, 5.41) is 13.4. The summed E-state index contributed by atoms with van der Waals surface area (Å²) in [4.78, 5) is 9.77. The maximum atomic E-state index is 9.97. The van der Waals surface area contributed by atoms with Crippen LogP contribution in [0.25, 0.3) is 0 Å². The first-order chi connectivity index (χ1) is 10.8. The monoisotopic (exact) mass is 434 g/mol. The first kappa shape index (κ1) is 19.0. The lowest BCUT2D eigenvalue weighted by Crippen LogP contribution is -2.43. The van der Waals surface area contributed by atoms with Crippen LogP contribution in [0.2, 0.25) is 0 Å². The molecule has 0 amide bonds. The molecule has 0 radical (unpaired) electrons. The number of hydrogen-bond acceptors (Lipinski definition) is 3. The lowest BCUT2D eigenvalue weighted by molar-refractivity contribution is 0.136. The molecule has 0 bridgehead atoms. The minimum absolute atomic E-state index is 0. The Morgan fingerprint density at radius 3 is 2.70 bits per heavy atom. The van der Waals surface area contributed by atoms with Gasteiger partial charge in [0.1, 0.15) is 0 Å². The molecule has 132 valence electrons. The fraction of sp³-hybridized carbons (Fsp3) is 0.824. The number of rotatable bonds is 4. The second kappa shape index (κ2) is 9.22. The Bertz CT molecular complexity index is 421. The second-order valence-corrected chi connectivity index (χ2v) is 6.77. The molecule has 0 spiro atoms. The Labute approximate surface area is 157 Å². The minimum Gasteiger partial charge on any atom is -0.393 e. The van der Waals surface area contributed by atoms with Gasteiger partial charge in [-0.3, -0.25) is 9.89 Å². The van der Waals surface area contributed by atoms with Crippen molar-refractivity contribution < 1.29 is 5.11 Å². The van der Waals surface area contributed by atoms with Gasteiger partial charge in [-0.05, 0) is 26.2 Å². The number of nitrogens with one attached hydrogen (secondary N) is 1. The van der Waals surface area contributed by atoms with E-state index in [-0.39, 0.29) is 30.1 Å². The van der Waals surface area contributed by atoms with Crippen LogP contribution in [0.1, 0.15) is 32.6 Å². The average molecular weight is 434 g/mol. The Morgan fingerprint density at radius 2 is 2.04 bits per heavy atom. The number of likely N-dealkylation sites (tertiary alicyclic amines) is 1. The number of guanidine groups is 1. The largest absolute Gasteiger partial charge is 0.393 e. The highest BCUT2D eigenvalue weighted by atomic mass is 127. The van der Waals surface area contributed by atoms with Gasteiger partial charge in [-0.2, -0.15) is 0 Å². The van der Waals surface area contributed by atoms with Crippen LogP contribution in [0.4, 0.5) is 0 Å². The van der Waals surface area contributed by atoms with Crippen LogP contribution in [0, 0.1) is 5.92 Å². The molecule has 2 heterocycles. The summed E-state index contributed by atoms with van der Waals surface area (Å²) in [6, 6.07) is 0.649. The number of hydrogen-bond donors (Lipinski definition) is 2. The Balaban J connectivity index is 0.00000192. The number of nitrogens with zero attached hydrogens (tertiary/aromatic N) is 3. The molecule has 2 N–H and O–H groups in total. The Kier molecular flexibility index (Phi) is 7.62. The summed E-state index contributed by atoms with van der Waals surface area (Å²) >= 11 is 0. The summed E-state index contributed by atoms with van der Waals surface area (Å²) in [7, 11) is 0. The predicted octanol–water partition coefficient (Wildman–Crippen LogP) is 1.68. The van der Waals surface area contributed by atoms with Crippen molar-refractivity contribution in [3.05, 3.63) is 12.2 Å². The molecule has 1 saturated carbocycles. The number of aliphatic hydroxyl groups excluding tert-OH is 1. The molecule has 1 aliphatic carbocycles. The third kappa shape index (κ3) is 4.82. The van der Waals surface area contributed by atoms with Crippen molar-refractivity contribution in [2.24, 2.45) is 10.9 Å². The van der Waals surface area contributed by atoms with E-state index in [9.17, 15) is 5.11 Å². The first-order valence-electron chi connectivity index (χ1n) is 8.88. The molecule has 1 saturated heterocycles. The third-order valence-corrected chi connectivity index (χ3v) is 5.26.